The fraction of sp³-hybridized carbons (Fsp3) is 0.308. The van der Waals surface area contributed by atoms with Crippen molar-refractivity contribution in [1.29, 1.82) is 0 Å². The molecule has 1 N–H and O–H groups in total. The lowest BCUT2D eigenvalue weighted by molar-refractivity contribution is 0.317. The highest BCUT2D eigenvalue weighted by molar-refractivity contribution is 7.13. The Morgan fingerprint density at radius 2 is 2.06 bits per heavy atom. The predicted octanol–water partition coefficient (Wildman–Crippen LogP) is 3.98. The molecule has 0 aliphatic carbocycles. The smallest absolute Gasteiger partial charge is 0.187 e. The maximum absolute atomic E-state index is 5.52. The monoisotopic (exact) mass is 248 g/mol. The second kappa shape index (κ2) is 5.68. The molecular weight excluding hydrogens is 232 g/mol. The SMILES string of the molecule is CCCOc1ccc(Nc2nc(C)cs2)cc1. The third-order valence-electron chi connectivity index (χ3n) is 2.20. The lowest BCUT2D eigenvalue weighted by Crippen LogP contribution is -1.95. The molecule has 2 rings (SSSR count). The Morgan fingerprint density at radius 3 is 2.65 bits per heavy atom. The first-order valence-electron chi connectivity index (χ1n) is 5.70. The molecule has 1 heterocycles. The van der Waals surface area contributed by atoms with Gasteiger partial charge in [0.1, 0.15) is 5.75 Å². The maximum atomic E-state index is 5.52. The van der Waals surface area contributed by atoms with Crippen molar-refractivity contribution in [2.45, 2.75) is 20.3 Å². The van der Waals surface area contributed by atoms with Gasteiger partial charge in [0.2, 0.25) is 0 Å². The number of anilines is 2. The number of aromatic nitrogens is 1. The molecule has 0 amide bonds. The summed E-state index contributed by atoms with van der Waals surface area (Å²) in [5.74, 6) is 0.910. The van der Waals surface area contributed by atoms with Crippen LogP contribution in [0, 0.1) is 6.92 Å². The summed E-state index contributed by atoms with van der Waals surface area (Å²) in [7, 11) is 0. The molecule has 90 valence electrons. The zero-order valence-electron chi connectivity index (χ0n) is 10.1. The van der Waals surface area contributed by atoms with E-state index in [1.54, 1.807) is 11.3 Å². The van der Waals surface area contributed by atoms with Gasteiger partial charge in [-0.3, -0.25) is 0 Å². The quantitative estimate of drug-likeness (QED) is 0.869. The molecule has 0 saturated heterocycles. The molecule has 4 heteroatoms. The van der Waals surface area contributed by atoms with E-state index in [4.69, 9.17) is 4.74 Å². The Hall–Kier alpha value is -1.55. The Bertz CT molecular complexity index is 465. The molecule has 0 unspecified atom stereocenters. The predicted molar refractivity (Wildman–Crippen MR) is 72.4 cm³/mol. The van der Waals surface area contributed by atoms with Crippen molar-refractivity contribution >= 4 is 22.2 Å². The molecule has 0 radical (unpaired) electrons. The Kier molecular flexibility index (Phi) is 3.98. The second-order valence-corrected chi connectivity index (χ2v) is 4.65. The zero-order chi connectivity index (χ0) is 12.1. The number of nitrogens with zero attached hydrogens (tertiary/aromatic N) is 1. The minimum Gasteiger partial charge on any atom is -0.494 e. The molecule has 0 spiro atoms. The van der Waals surface area contributed by atoms with Crippen molar-refractivity contribution in [3.8, 4) is 5.75 Å². The lowest BCUT2D eigenvalue weighted by Gasteiger charge is -2.06. The van der Waals surface area contributed by atoms with E-state index < -0.39 is 0 Å². The van der Waals surface area contributed by atoms with Gasteiger partial charge in [0, 0.05) is 11.1 Å². The van der Waals surface area contributed by atoms with Gasteiger partial charge < -0.3 is 10.1 Å². The molecule has 3 nitrogen and oxygen atoms in total. The summed E-state index contributed by atoms with van der Waals surface area (Å²) < 4.78 is 5.52. The van der Waals surface area contributed by atoms with Gasteiger partial charge in [-0.25, -0.2) is 4.98 Å². The number of rotatable bonds is 5. The van der Waals surface area contributed by atoms with Gasteiger partial charge in [0.05, 0.1) is 12.3 Å². The van der Waals surface area contributed by atoms with Gasteiger partial charge in [-0.2, -0.15) is 0 Å². The van der Waals surface area contributed by atoms with Crippen LogP contribution >= 0.6 is 11.3 Å². The van der Waals surface area contributed by atoms with Crippen LogP contribution in [0.2, 0.25) is 0 Å². The first-order valence-corrected chi connectivity index (χ1v) is 6.58. The number of nitrogens with one attached hydrogen (secondary N) is 1. The van der Waals surface area contributed by atoms with E-state index in [0.29, 0.717) is 0 Å². The summed E-state index contributed by atoms with van der Waals surface area (Å²) >= 11 is 1.61. The minimum absolute atomic E-state index is 0.762. The van der Waals surface area contributed by atoms with Crippen molar-refractivity contribution in [2.75, 3.05) is 11.9 Å². The van der Waals surface area contributed by atoms with E-state index >= 15 is 0 Å². The highest BCUT2D eigenvalue weighted by atomic mass is 32.1. The number of hydrogen-bond donors (Lipinski definition) is 1. The van der Waals surface area contributed by atoms with Crippen LogP contribution in [-0.4, -0.2) is 11.6 Å². The highest BCUT2D eigenvalue weighted by Crippen LogP contribution is 2.22. The van der Waals surface area contributed by atoms with E-state index in [1.165, 1.54) is 0 Å². The molecule has 0 aliphatic heterocycles. The summed E-state index contributed by atoms with van der Waals surface area (Å²) in [6, 6.07) is 7.94. The summed E-state index contributed by atoms with van der Waals surface area (Å²) in [6.07, 6.45) is 1.03. The highest BCUT2D eigenvalue weighted by Gasteiger charge is 1.99. The van der Waals surface area contributed by atoms with Gasteiger partial charge >= 0.3 is 0 Å². The summed E-state index contributed by atoms with van der Waals surface area (Å²) in [5, 5.41) is 6.21. The van der Waals surface area contributed by atoms with Crippen LogP contribution in [-0.2, 0) is 0 Å². The number of hydrogen-bond acceptors (Lipinski definition) is 4. The van der Waals surface area contributed by atoms with Crippen LogP contribution in [0.15, 0.2) is 29.6 Å². The largest absolute Gasteiger partial charge is 0.494 e. The molecule has 17 heavy (non-hydrogen) atoms. The fourth-order valence-corrected chi connectivity index (χ4v) is 2.10. The van der Waals surface area contributed by atoms with Crippen LogP contribution < -0.4 is 10.1 Å². The van der Waals surface area contributed by atoms with Crippen molar-refractivity contribution in [1.82, 2.24) is 4.98 Å². The average Bonchev–Trinajstić information content (AvgIpc) is 2.74. The van der Waals surface area contributed by atoms with E-state index in [9.17, 15) is 0 Å². The van der Waals surface area contributed by atoms with Crippen molar-refractivity contribution < 1.29 is 4.74 Å². The minimum atomic E-state index is 0.762. The van der Waals surface area contributed by atoms with E-state index in [1.807, 2.05) is 36.6 Å². The molecule has 0 fully saturated rings. The Morgan fingerprint density at radius 1 is 1.29 bits per heavy atom. The van der Waals surface area contributed by atoms with Crippen molar-refractivity contribution in [3.05, 3.63) is 35.3 Å². The van der Waals surface area contributed by atoms with Crippen LogP contribution in [0.5, 0.6) is 5.75 Å². The number of aryl methyl sites for hydroxylation is 1. The van der Waals surface area contributed by atoms with Gasteiger partial charge in [0.15, 0.2) is 5.13 Å². The molecule has 0 aliphatic rings. The average molecular weight is 248 g/mol. The van der Waals surface area contributed by atoms with Gasteiger partial charge in [-0.15, -0.1) is 11.3 Å². The topological polar surface area (TPSA) is 34.1 Å². The van der Waals surface area contributed by atoms with Gasteiger partial charge in [-0.1, -0.05) is 6.92 Å². The van der Waals surface area contributed by atoms with Crippen LogP contribution in [0.3, 0.4) is 0 Å². The van der Waals surface area contributed by atoms with Gasteiger partial charge in [0.25, 0.3) is 0 Å². The molecular formula is C13H16N2OS. The summed E-state index contributed by atoms with van der Waals surface area (Å²) in [6.45, 7) is 4.85. The zero-order valence-corrected chi connectivity index (χ0v) is 10.9. The normalized spacial score (nSPS) is 10.2. The van der Waals surface area contributed by atoms with E-state index in [-0.39, 0.29) is 0 Å². The standard InChI is InChI=1S/C13H16N2OS/c1-3-8-16-12-6-4-11(5-7-12)15-13-14-10(2)9-17-13/h4-7,9H,3,8H2,1-2H3,(H,14,15). The van der Waals surface area contributed by atoms with Crippen molar-refractivity contribution in [3.63, 3.8) is 0 Å². The molecule has 0 saturated carbocycles. The molecule has 0 atom stereocenters. The third-order valence-corrected chi connectivity index (χ3v) is 3.07. The molecule has 0 bridgehead atoms. The lowest BCUT2D eigenvalue weighted by atomic mass is 10.3. The number of benzene rings is 1. The van der Waals surface area contributed by atoms with Crippen LogP contribution in [0.4, 0.5) is 10.8 Å². The number of ether oxygens (including phenoxy) is 1. The first-order chi connectivity index (χ1) is 8.28. The summed E-state index contributed by atoms with van der Waals surface area (Å²) in [4.78, 5) is 4.35. The fourth-order valence-electron chi connectivity index (χ4n) is 1.39. The van der Waals surface area contributed by atoms with Crippen LogP contribution in [0.1, 0.15) is 19.0 Å². The van der Waals surface area contributed by atoms with Gasteiger partial charge in [-0.05, 0) is 37.6 Å². The maximum Gasteiger partial charge on any atom is 0.187 e. The van der Waals surface area contributed by atoms with Crippen molar-refractivity contribution in [2.24, 2.45) is 0 Å². The number of thiazole rings is 1. The third kappa shape index (κ3) is 3.46. The first kappa shape index (κ1) is 11.9. The molecule has 1 aromatic heterocycles. The van der Waals surface area contributed by atoms with E-state index in [0.717, 1.165) is 35.3 Å². The Labute approximate surface area is 105 Å². The van der Waals surface area contributed by atoms with E-state index in [2.05, 4.69) is 17.2 Å². The summed E-state index contributed by atoms with van der Waals surface area (Å²) in [5.41, 5.74) is 2.07. The molecule has 2 aromatic rings. The second-order valence-electron chi connectivity index (χ2n) is 3.79. The Balaban J connectivity index is 1.98. The van der Waals surface area contributed by atoms with Crippen LogP contribution in [0.25, 0.3) is 0 Å². The molecule has 1 aromatic carbocycles.